The molecule has 2 aromatic heterocycles. The highest BCUT2D eigenvalue weighted by atomic mass is 15.1. The van der Waals surface area contributed by atoms with Crippen molar-refractivity contribution in [1.29, 1.82) is 0 Å². The third kappa shape index (κ3) is 7.63. The molecule has 11 rings (SSSR count). The number of para-hydroxylation sites is 3. The molecule has 0 amide bonds. The Labute approximate surface area is 386 Å². The highest BCUT2D eigenvalue weighted by Gasteiger charge is 2.18. The van der Waals surface area contributed by atoms with E-state index in [-0.39, 0.29) is 0 Å². The van der Waals surface area contributed by atoms with Gasteiger partial charge in [0.25, 0.3) is 0 Å². The SMILES string of the molecule is Cc1cccc(-c2cc(-c3ccc(-c4cc(C)c(-c5ccc(-n6c7ccccc7c7cc(N(c8ccccc8)c8ccccc8)ccc76)cc5)cc4C)cc3)nc(-c3cccc(C)c3)n2)c1. The van der Waals surface area contributed by atoms with Gasteiger partial charge in [0.15, 0.2) is 5.82 Å². The zero-order chi connectivity index (χ0) is 44.7. The van der Waals surface area contributed by atoms with Gasteiger partial charge >= 0.3 is 0 Å². The zero-order valence-corrected chi connectivity index (χ0v) is 37.6. The average molecular weight is 849 g/mol. The predicted molar refractivity (Wildman–Crippen MR) is 277 cm³/mol. The second kappa shape index (κ2) is 17.0. The number of aromatic nitrogens is 3. The minimum absolute atomic E-state index is 0.727. The summed E-state index contributed by atoms with van der Waals surface area (Å²) < 4.78 is 2.40. The number of anilines is 3. The quantitative estimate of drug-likeness (QED) is 0.145. The van der Waals surface area contributed by atoms with E-state index in [4.69, 9.17) is 9.97 Å². The molecule has 0 spiro atoms. The number of rotatable bonds is 9. The van der Waals surface area contributed by atoms with E-state index in [1.54, 1.807) is 0 Å². The van der Waals surface area contributed by atoms with Crippen LogP contribution in [0.15, 0.2) is 218 Å². The monoisotopic (exact) mass is 848 g/mol. The Balaban J connectivity index is 0.902. The van der Waals surface area contributed by atoms with Crippen molar-refractivity contribution < 1.29 is 0 Å². The lowest BCUT2D eigenvalue weighted by atomic mass is 9.91. The van der Waals surface area contributed by atoms with Crippen LogP contribution >= 0.6 is 0 Å². The molecule has 9 aromatic carbocycles. The van der Waals surface area contributed by atoms with Gasteiger partial charge in [-0.05, 0) is 140 Å². The molecule has 0 aliphatic rings. The fourth-order valence-electron chi connectivity index (χ4n) is 9.49. The van der Waals surface area contributed by atoms with Gasteiger partial charge in [0.1, 0.15) is 0 Å². The minimum atomic E-state index is 0.727. The lowest BCUT2D eigenvalue weighted by Gasteiger charge is -2.25. The van der Waals surface area contributed by atoms with Crippen LogP contribution in [0, 0.1) is 27.7 Å². The van der Waals surface area contributed by atoms with Crippen molar-refractivity contribution in [2.75, 3.05) is 4.90 Å². The van der Waals surface area contributed by atoms with Crippen molar-refractivity contribution in [3.8, 4) is 61.8 Å². The van der Waals surface area contributed by atoms with E-state index in [1.807, 2.05) is 0 Å². The van der Waals surface area contributed by atoms with E-state index in [1.165, 1.54) is 66.3 Å². The summed E-state index contributed by atoms with van der Waals surface area (Å²) in [6.07, 6.45) is 0. The first-order valence-electron chi connectivity index (χ1n) is 22.6. The molecular formula is C62H48N4. The average Bonchev–Trinajstić information content (AvgIpc) is 3.69. The molecule has 0 saturated carbocycles. The van der Waals surface area contributed by atoms with Crippen LogP contribution in [0.4, 0.5) is 17.1 Å². The maximum atomic E-state index is 5.11. The third-order valence-electron chi connectivity index (χ3n) is 12.8. The highest BCUT2D eigenvalue weighted by Crippen LogP contribution is 2.40. The van der Waals surface area contributed by atoms with Gasteiger partial charge in [0.05, 0.1) is 22.4 Å². The van der Waals surface area contributed by atoms with E-state index < -0.39 is 0 Å². The van der Waals surface area contributed by atoms with E-state index in [0.29, 0.717) is 0 Å². The van der Waals surface area contributed by atoms with Gasteiger partial charge in [0, 0.05) is 50.2 Å². The summed E-state index contributed by atoms with van der Waals surface area (Å²) in [7, 11) is 0. The molecule has 0 saturated heterocycles. The fraction of sp³-hybridized carbons (Fsp3) is 0.0645. The molecular weight excluding hydrogens is 801 g/mol. The second-order valence-corrected chi connectivity index (χ2v) is 17.4. The molecule has 0 fully saturated rings. The summed E-state index contributed by atoms with van der Waals surface area (Å²) in [4.78, 5) is 12.5. The molecule has 0 bridgehead atoms. The van der Waals surface area contributed by atoms with Crippen molar-refractivity contribution in [3.63, 3.8) is 0 Å². The van der Waals surface area contributed by atoms with Crippen LogP contribution in [-0.4, -0.2) is 14.5 Å². The van der Waals surface area contributed by atoms with Crippen LogP contribution in [0.3, 0.4) is 0 Å². The summed E-state index contributed by atoms with van der Waals surface area (Å²) in [5.74, 6) is 0.727. The van der Waals surface area contributed by atoms with Crippen LogP contribution < -0.4 is 4.90 Å². The lowest BCUT2D eigenvalue weighted by molar-refractivity contribution is 1.18. The Morgan fingerprint density at radius 1 is 0.348 bits per heavy atom. The molecule has 0 aliphatic carbocycles. The second-order valence-electron chi connectivity index (χ2n) is 17.4. The van der Waals surface area contributed by atoms with Gasteiger partial charge in [-0.2, -0.15) is 0 Å². The number of nitrogens with zero attached hydrogens (tertiary/aromatic N) is 4. The zero-order valence-electron chi connectivity index (χ0n) is 37.6. The number of benzene rings is 9. The largest absolute Gasteiger partial charge is 0.310 e. The van der Waals surface area contributed by atoms with E-state index in [0.717, 1.165) is 56.7 Å². The van der Waals surface area contributed by atoms with Crippen LogP contribution in [0.2, 0.25) is 0 Å². The van der Waals surface area contributed by atoms with Crippen LogP contribution in [0.25, 0.3) is 83.6 Å². The van der Waals surface area contributed by atoms with Gasteiger partial charge in [-0.3, -0.25) is 0 Å². The standard InChI is InChI=1S/C62H48N4/c1-41-15-13-17-48(35-41)59-40-58(63-62(64-59)49-18-14-16-42(2)36-49)47-27-25-45(26-28-47)55-37-44(4)56(38-43(55)3)46-29-31-52(32-30-46)66-60-24-12-11-23-54(60)57-39-53(33-34-61(57)66)65(50-19-7-5-8-20-50)51-21-9-6-10-22-51/h5-40H,1-4H3. The molecule has 4 heteroatoms. The van der Waals surface area contributed by atoms with Crippen molar-refractivity contribution in [2.24, 2.45) is 0 Å². The van der Waals surface area contributed by atoms with Crippen molar-refractivity contribution in [3.05, 3.63) is 241 Å². The van der Waals surface area contributed by atoms with E-state index in [9.17, 15) is 0 Å². The summed E-state index contributed by atoms with van der Waals surface area (Å²) in [5, 5.41) is 2.45. The summed E-state index contributed by atoms with van der Waals surface area (Å²) >= 11 is 0. The molecule has 0 radical (unpaired) electrons. The summed E-state index contributed by atoms with van der Waals surface area (Å²) in [5.41, 5.74) is 21.5. The Hall–Kier alpha value is -8.34. The van der Waals surface area contributed by atoms with E-state index >= 15 is 0 Å². The molecule has 66 heavy (non-hydrogen) atoms. The van der Waals surface area contributed by atoms with Crippen LogP contribution in [0.1, 0.15) is 22.3 Å². The molecule has 0 aliphatic heterocycles. The van der Waals surface area contributed by atoms with Crippen LogP contribution in [0.5, 0.6) is 0 Å². The van der Waals surface area contributed by atoms with Gasteiger partial charge < -0.3 is 9.47 Å². The Kier molecular flexibility index (Phi) is 10.4. The molecule has 4 nitrogen and oxygen atoms in total. The first-order chi connectivity index (χ1) is 32.3. The Bertz CT molecular complexity index is 3450. The maximum Gasteiger partial charge on any atom is 0.160 e. The predicted octanol–water partition coefficient (Wildman–Crippen LogP) is 16.6. The van der Waals surface area contributed by atoms with Crippen molar-refractivity contribution in [2.45, 2.75) is 27.7 Å². The molecule has 2 heterocycles. The highest BCUT2D eigenvalue weighted by molar-refractivity contribution is 6.10. The molecule has 0 atom stereocenters. The van der Waals surface area contributed by atoms with Gasteiger partial charge in [-0.1, -0.05) is 151 Å². The first kappa shape index (κ1) is 40.4. The van der Waals surface area contributed by atoms with Crippen LogP contribution in [-0.2, 0) is 0 Å². The van der Waals surface area contributed by atoms with Crippen molar-refractivity contribution in [1.82, 2.24) is 14.5 Å². The number of hydrogen-bond acceptors (Lipinski definition) is 3. The number of fused-ring (bicyclic) bond motifs is 3. The summed E-state index contributed by atoms with van der Waals surface area (Å²) in [6.45, 7) is 8.67. The van der Waals surface area contributed by atoms with Gasteiger partial charge in [-0.25, -0.2) is 9.97 Å². The lowest BCUT2D eigenvalue weighted by Crippen LogP contribution is -2.09. The molecule has 0 N–H and O–H groups in total. The maximum absolute atomic E-state index is 5.11. The first-order valence-corrected chi connectivity index (χ1v) is 22.6. The molecule has 11 aromatic rings. The van der Waals surface area contributed by atoms with Gasteiger partial charge in [0.2, 0.25) is 0 Å². The third-order valence-corrected chi connectivity index (χ3v) is 12.8. The topological polar surface area (TPSA) is 34.0 Å². The van der Waals surface area contributed by atoms with E-state index in [2.05, 4.69) is 256 Å². The van der Waals surface area contributed by atoms with Gasteiger partial charge in [-0.15, -0.1) is 0 Å². The normalized spacial score (nSPS) is 11.3. The molecule has 316 valence electrons. The summed E-state index contributed by atoms with van der Waals surface area (Å²) in [6, 6.07) is 78.4. The number of aryl methyl sites for hydroxylation is 4. The smallest absolute Gasteiger partial charge is 0.160 e. The van der Waals surface area contributed by atoms with Crippen molar-refractivity contribution >= 4 is 38.9 Å². The Morgan fingerprint density at radius 2 is 0.864 bits per heavy atom. The fourth-order valence-corrected chi connectivity index (χ4v) is 9.49. The Morgan fingerprint density at radius 3 is 1.48 bits per heavy atom. The minimum Gasteiger partial charge on any atom is -0.310 e. The molecule has 0 unspecified atom stereocenters. The number of hydrogen-bond donors (Lipinski definition) is 0.